The Hall–Kier alpha value is -2.31. The van der Waals surface area contributed by atoms with Crippen molar-refractivity contribution in [2.24, 2.45) is 10.7 Å². The molecule has 26 heavy (non-hydrogen) atoms. The van der Waals surface area contributed by atoms with Crippen molar-refractivity contribution >= 4 is 11.6 Å². The van der Waals surface area contributed by atoms with Crippen LogP contribution in [0.4, 0.5) is 5.69 Å². The third-order valence-electron chi connectivity index (χ3n) is 4.69. The number of aliphatic imine (C=N–C) groups is 1. The molecule has 0 amide bonds. The molecule has 6 nitrogen and oxygen atoms in total. The van der Waals surface area contributed by atoms with E-state index in [0.717, 1.165) is 35.9 Å². The molecule has 0 bridgehead atoms. The molecule has 1 fully saturated rings. The van der Waals surface area contributed by atoms with Gasteiger partial charge in [-0.1, -0.05) is 18.2 Å². The zero-order valence-electron chi connectivity index (χ0n) is 15.6. The van der Waals surface area contributed by atoms with Crippen LogP contribution in [0.1, 0.15) is 36.0 Å². The van der Waals surface area contributed by atoms with Crippen molar-refractivity contribution in [3.63, 3.8) is 0 Å². The lowest BCUT2D eigenvalue weighted by Crippen LogP contribution is -2.30. The van der Waals surface area contributed by atoms with Crippen LogP contribution in [0, 0.1) is 6.92 Å². The number of rotatable bonds is 7. The van der Waals surface area contributed by atoms with Gasteiger partial charge in [-0.3, -0.25) is 9.89 Å². The predicted octanol–water partition coefficient (Wildman–Crippen LogP) is 3.30. The Kier molecular flexibility index (Phi) is 6.30. The molecule has 0 saturated carbocycles. The van der Waals surface area contributed by atoms with Crippen molar-refractivity contribution in [3.05, 3.63) is 53.5 Å². The van der Waals surface area contributed by atoms with Crippen LogP contribution in [-0.4, -0.2) is 37.6 Å². The van der Waals surface area contributed by atoms with Gasteiger partial charge < -0.3 is 20.2 Å². The van der Waals surface area contributed by atoms with E-state index in [0.29, 0.717) is 19.1 Å². The SMILES string of the molecule is COCc1ccccc1NC(N)=NCC(c1ccc(C)o1)N1CCCC1. The van der Waals surface area contributed by atoms with Crippen molar-refractivity contribution in [2.45, 2.75) is 32.4 Å². The number of hydrogen-bond acceptors (Lipinski definition) is 4. The first-order valence-corrected chi connectivity index (χ1v) is 9.11. The molecular formula is C20H28N4O2. The minimum Gasteiger partial charge on any atom is -0.465 e. The normalized spacial score (nSPS) is 16.8. The van der Waals surface area contributed by atoms with Gasteiger partial charge in [0.2, 0.25) is 0 Å². The highest BCUT2D eigenvalue weighted by molar-refractivity contribution is 5.93. The minimum absolute atomic E-state index is 0.126. The van der Waals surface area contributed by atoms with E-state index in [2.05, 4.69) is 15.2 Å². The number of nitrogens with one attached hydrogen (secondary N) is 1. The highest BCUT2D eigenvalue weighted by Gasteiger charge is 2.25. The van der Waals surface area contributed by atoms with E-state index >= 15 is 0 Å². The number of aryl methyl sites for hydroxylation is 1. The van der Waals surface area contributed by atoms with Gasteiger partial charge in [0, 0.05) is 18.4 Å². The highest BCUT2D eigenvalue weighted by atomic mass is 16.5. The van der Waals surface area contributed by atoms with E-state index in [-0.39, 0.29) is 6.04 Å². The summed E-state index contributed by atoms with van der Waals surface area (Å²) in [7, 11) is 1.68. The number of benzene rings is 1. The number of likely N-dealkylation sites (tertiary alicyclic amines) is 1. The fraction of sp³-hybridized carbons (Fsp3) is 0.450. The second-order valence-corrected chi connectivity index (χ2v) is 6.65. The average Bonchev–Trinajstić information content (AvgIpc) is 3.30. The maximum absolute atomic E-state index is 6.15. The lowest BCUT2D eigenvalue weighted by Gasteiger charge is -2.24. The van der Waals surface area contributed by atoms with Crippen LogP contribution in [-0.2, 0) is 11.3 Å². The van der Waals surface area contributed by atoms with Crippen molar-refractivity contribution in [1.29, 1.82) is 0 Å². The molecule has 0 spiro atoms. The fourth-order valence-electron chi connectivity index (χ4n) is 3.36. The Balaban J connectivity index is 1.71. The quantitative estimate of drug-likeness (QED) is 0.588. The molecule has 0 radical (unpaired) electrons. The minimum atomic E-state index is 0.126. The molecule has 6 heteroatoms. The van der Waals surface area contributed by atoms with Crippen molar-refractivity contribution in [1.82, 2.24) is 4.90 Å². The summed E-state index contributed by atoms with van der Waals surface area (Å²) in [6, 6.07) is 12.1. The molecule has 0 aliphatic carbocycles. The van der Waals surface area contributed by atoms with Crippen LogP contribution < -0.4 is 11.1 Å². The molecule has 3 rings (SSSR count). The molecule has 1 unspecified atom stereocenters. The molecule has 3 N–H and O–H groups in total. The van der Waals surface area contributed by atoms with Gasteiger partial charge in [-0.2, -0.15) is 0 Å². The molecular weight excluding hydrogens is 328 g/mol. The van der Waals surface area contributed by atoms with Gasteiger partial charge in [0.1, 0.15) is 11.5 Å². The molecule has 1 aliphatic rings. The first-order chi connectivity index (χ1) is 12.7. The Morgan fingerprint density at radius 3 is 2.73 bits per heavy atom. The largest absolute Gasteiger partial charge is 0.465 e. The number of furan rings is 1. The molecule has 1 aliphatic heterocycles. The molecule has 140 valence electrons. The Labute approximate surface area is 155 Å². The lowest BCUT2D eigenvalue weighted by atomic mass is 10.2. The van der Waals surface area contributed by atoms with Crippen LogP contribution >= 0.6 is 0 Å². The first-order valence-electron chi connectivity index (χ1n) is 9.11. The van der Waals surface area contributed by atoms with Gasteiger partial charge in [-0.05, 0) is 51.1 Å². The summed E-state index contributed by atoms with van der Waals surface area (Å²) in [5.74, 6) is 2.29. The van der Waals surface area contributed by atoms with E-state index in [9.17, 15) is 0 Å². The highest BCUT2D eigenvalue weighted by Crippen LogP contribution is 2.27. The maximum Gasteiger partial charge on any atom is 0.193 e. The zero-order chi connectivity index (χ0) is 18.4. The molecule has 1 aromatic carbocycles. The third kappa shape index (κ3) is 4.65. The number of anilines is 1. The Morgan fingerprint density at radius 1 is 1.27 bits per heavy atom. The maximum atomic E-state index is 6.15. The number of hydrogen-bond donors (Lipinski definition) is 2. The van der Waals surface area contributed by atoms with Gasteiger partial charge in [0.25, 0.3) is 0 Å². The van der Waals surface area contributed by atoms with Crippen LogP contribution in [0.15, 0.2) is 45.8 Å². The van der Waals surface area contributed by atoms with Crippen LogP contribution in [0.25, 0.3) is 0 Å². The number of ether oxygens (including phenoxy) is 1. The van der Waals surface area contributed by atoms with E-state index in [1.54, 1.807) is 7.11 Å². The molecule has 1 saturated heterocycles. The number of guanidine groups is 1. The zero-order valence-corrected chi connectivity index (χ0v) is 15.6. The second kappa shape index (κ2) is 8.87. The predicted molar refractivity (Wildman–Crippen MR) is 104 cm³/mol. The van der Waals surface area contributed by atoms with Crippen molar-refractivity contribution < 1.29 is 9.15 Å². The van der Waals surface area contributed by atoms with Crippen LogP contribution in [0.3, 0.4) is 0 Å². The smallest absolute Gasteiger partial charge is 0.193 e. The first kappa shape index (κ1) is 18.5. The Morgan fingerprint density at radius 2 is 2.04 bits per heavy atom. The molecule has 1 atom stereocenters. The van der Waals surface area contributed by atoms with E-state index < -0.39 is 0 Å². The number of methoxy groups -OCH3 is 1. The Bertz CT molecular complexity index is 735. The van der Waals surface area contributed by atoms with Crippen molar-refractivity contribution in [2.75, 3.05) is 32.1 Å². The summed E-state index contributed by atoms with van der Waals surface area (Å²) in [6.45, 7) is 5.21. The summed E-state index contributed by atoms with van der Waals surface area (Å²) in [4.78, 5) is 7.02. The van der Waals surface area contributed by atoms with Gasteiger partial charge in [0.05, 0.1) is 19.2 Å². The number of nitrogens with zero attached hydrogens (tertiary/aromatic N) is 2. The van der Waals surface area contributed by atoms with Crippen LogP contribution in [0.2, 0.25) is 0 Å². The van der Waals surface area contributed by atoms with Gasteiger partial charge in [-0.25, -0.2) is 0 Å². The second-order valence-electron chi connectivity index (χ2n) is 6.65. The summed E-state index contributed by atoms with van der Waals surface area (Å²) in [5.41, 5.74) is 8.12. The van der Waals surface area contributed by atoms with E-state index in [1.807, 2.05) is 43.3 Å². The lowest BCUT2D eigenvalue weighted by molar-refractivity contribution is 0.185. The van der Waals surface area contributed by atoms with Gasteiger partial charge in [-0.15, -0.1) is 0 Å². The summed E-state index contributed by atoms with van der Waals surface area (Å²) < 4.78 is 11.1. The van der Waals surface area contributed by atoms with E-state index in [1.165, 1.54) is 12.8 Å². The van der Waals surface area contributed by atoms with Gasteiger partial charge in [0.15, 0.2) is 5.96 Å². The van der Waals surface area contributed by atoms with Gasteiger partial charge >= 0.3 is 0 Å². The third-order valence-corrected chi connectivity index (χ3v) is 4.69. The summed E-state index contributed by atoms with van der Waals surface area (Å²) in [5, 5.41) is 3.20. The number of nitrogens with two attached hydrogens (primary N) is 1. The van der Waals surface area contributed by atoms with E-state index in [4.69, 9.17) is 14.9 Å². The van der Waals surface area contributed by atoms with Crippen LogP contribution in [0.5, 0.6) is 0 Å². The standard InChI is InChI=1S/C20H28N4O2/c1-15-9-10-19(26-15)18(24-11-5-6-12-24)13-22-20(21)23-17-8-4-3-7-16(17)14-25-2/h3-4,7-10,18H,5-6,11-14H2,1-2H3,(H3,21,22,23). The monoisotopic (exact) mass is 356 g/mol. The molecule has 2 heterocycles. The average molecular weight is 356 g/mol. The fourth-order valence-corrected chi connectivity index (χ4v) is 3.36. The number of para-hydroxylation sites is 1. The topological polar surface area (TPSA) is 76.0 Å². The summed E-state index contributed by atoms with van der Waals surface area (Å²) >= 11 is 0. The molecule has 1 aromatic heterocycles. The summed E-state index contributed by atoms with van der Waals surface area (Å²) in [6.07, 6.45) is 2.44. The molecule has 2 aromatic rings. The van der Waals surface area contributed by atoms with Crippen molar-refractivity contribution in [3.8, 4) is 0 Å².